The van der Waals surface area contributed by atoms with Crippen molar-refractivity contribution in [2.75, 3.05) is 59.5 Å². The number of nitrogens with one attached hydrogen (secondary N) is 1. The van der Waals surface area contributed by atoms with Crippen LogP contribution < -0.4 is 10.1 Å². The highest BCUT2D eigenvalue weighted by Crippen LogP contribution is 2.11. The summed E-state index contributed by atoms with van der Waals surface area (Å²) < 4.78 is 5.53. The van der Waals surface area contributed by atoms with Crippen LogP contribution in [0.25, 0.3) is 0 Å². The summed E-state index contributed by atoms with van der Waals surface area (Å²) >= 11 is 0. The number of hydrogen-bond donors (Lipinski definition) is 1. The lowest BCUT2D eigenvalue weighted by molar-refractivity contribution is -0.133. The Morgan fingerprint density at radius 3 is 2.50 bits per heavy atom. The van der Waals surface area contributed by atoms with Crippen molar-refractivity contribution < 1.29 is 9.53 Å². The van der Waals surface area contributed by atoms with Gasteiger partial charge in [-0.15, -0.1) is 0 Å². The molecule has 0 saturated carbocycles. The molecule has 2 aliphatic rings. The minimum Gasteiger partial charge on any atom is -0.478 e. The number of pyridine rings is 1. The number of ether oxygens (including phenoxy) is 1. The Balaban J connectivity index is 1.40. The number of rotatable bonds is 7. The molecule has 166 valence electrons. The second-order valence-corrected chi connectivity index (χ2v) is 7.96. The number of piperazine rings is 1. The first-order chi connectivity index (χ1) is 14.7. The molecular formula is C22H36N6O2. The van der Waals surface area contributed by atoms with Gasteiger partial charge in [-0.05, 0) is 31.2 Å². The zero-order chi connectivity index (χ0) is 21.2. The van der Waals surface area contributed by atoms with E-state index < -0.39 is 0 Å². The number of hydrogen-bond acceptors (Lipinski definition) is 5. The van der Waals surface area contributed by atoms with E-state index in [2.05, 4.69) is 32.0 Å². The number of piperidine rings is 1. The molecule has 2 fully saturated rings. The fraction of sp³-hybridized carbons (Fsp3) is 0.682. The fourth-order valence-electron chi connectivity index (χ4n) is 3.87. The Hall–Kier alpha value is -2.35. The largest absolute Gasteiger partial charge is 0.478 e. The van der Waals surface area contributed by atoms with Gasteiger partial charge in [0.15, 0.2) is 5.96 Å². The van der Waals surface area contributed by atoms with E-state index in [0.717, 1.165) is 70.1 Å². The van der Waals surface area contributed by atoms with Crippen LogP contribution in [0.5, 0.6) is 5.88 Å². The predicted molar refractivity (Wildman–Crippen MR) is 119 cm³/mol. The quantitative estimate of drug-likeness (QED) is 0.537. The molecule has 8 heteroatoms. The lowest BCUT2D eigenvalue weighted by atomic mass is 10.1. The molecule has 0 aromatic carbocycles. The minimum absolute atomic E-state index is 0.282. The molecule has 0 bridgehead atoms. The first-order valence-corrected chi connectivity index (χ1v) is 11.2. The standard InChI is InChI=1S/C22H36N6O2/c1-3-15-30-20-8-7-19(16-24-20)17-25-22(23-2)28-13-11-26(12-14-28)18-21(29)27-9-5-4-6-10-27/h7-8,16H,3-6,9-15,17-18H2,1-2H3,(H,23,25). The molecule has 0 aliphatic carbocycles. The van der Waals surface area contributed by atoms with E-state index >= 15 is 0 Å². The van der Waals surface area contributed by atoms with Gasteiger partial charge in [0.2, 0.25) is 11.8 Å². The monoisotopic (exact) mass is 416 g/mol. The van der Waals surface area contributed by atoms with Gasteiger partial charge in [0.1, 0.15) is 0 Å². The van der Waals surface area contributed by atoms with Crippen molar-refractivity contribution >= 4 is 11.9 Å². The Kier molecular flexibility index (Phi) is 8.74. The average molecular weight is 417 g/mol. The molecule has 1 amide bonds. The van der Waals surface area contributed by atoms with Crippen LogP contribution >= 0.6 is 0 Å². The van der Waals surface area contributed by atoms with Crippen LogP contribution in [-0.2, 0) is 11.3 Å². The molecule has 2 saturated heterocycles. The van der Waals surface area contributed by atoms with Crippen molar-refractivity contribution in [3.63, 3.8) is 0 Å². The molecular weight excluding hydrogens is 380 g/mol. The number of likely N-dealkylation sites (tertiary alicyclic amines) is 1. The number of aromatic nitrogens is 1. The van der Waals surface area contributed by atoms with Crippen molar-refractivity contribution in [3.8, 4) is 5.88 Å². The molecule has 3 rings (SSSR count). The zero-order valence-electron chi connectivity index (χ0n) is 18.5. The van der Waals surface area contributed by atoms with Crippen LogP contribution in [0.15, 0.2) is 23.3 Å². The summed E-state index contributed by atoms with van der Waals surface area (Å²) in [7, 11) is 1.81. The van der Waals surface area contributed by atoms with Crippen molar-refractivity contribution in [2.45, 2.75) is 39.2 Å². The van der Waals surface area contributed by atoms with Crippen LogP contribution in [0.3, 0.4) is 0 Å². The molecule has 1 aromatic rings. The van der Waals surface area contributed by atoms with Crippen LogP contribution in [0, 0.1) is 0 Å². The first kappa shape index (κ1) is 22.3. The van der Waals surface area contributed by atoms with Crippen LogP contribution in [0.2, 0.25) is 0 Å². The van der Waals surface area contributed by atoms with Gasteiger partial charge in [0.25, 0.3) is 0 Å². The molecule has 3 heterocycles. The maximum absolute atomic E-state index is 12.5. The van der Waals surface area contributed by atoms with Crippen molar-refractivity contribution in [3.05, 3.63) is 23.9 Å². The molecule has 0 unspecified atom stereocenters. The van der Waals surface area contributed by atoms with E-state index in [0.29, 0.717) is 25.6 Å². The third kappa shape index (κ3) is 6.58. The van der Waals surface area contributed by atoms with E-state index in [1.54, 1.807) is 0 Å². The number of aliphatic imine (C=N–C) groups is 1. The summed E-state index contributed by atoms with van der Waals surface area (Å²) in [6.45, 7) is 9.33. The molecule has 0 radical (unpaired) electrons. The lowest BCUT2D eigenvalue weighted by Crippen LogP contribution is -2.54. The second-order valence-electron chi connectivity index (χ2n) is 7.96. The van der Waals surface area contributed by atoms with Gasteiger partial charge in [-0.25, -0.2) is 4.98 Å². The molecule has 2 aliphatic heterocycles. The Bertz CT molecular complexity index is 679. The van der Waals surface area contributed by atoms with E-state index in [-0.39, 0.29) is 5.91 Å². The highest BCUT2D eigenvalue weighted by Gasteiger charge is 2.24. The van der Waals surface area contributed by atoms with E-state index in [4.69, 9.17) is 4.74 Å². The summed E-state index contributed by atoms with van der Waals surface area (Å²) in [6, 6.07) is 3.94. The number of guanidine groups is 1. The van der Waals surface area contributed by atoms with E-state index in [1.165, 1.54) is 6.42 Å². The second kappa shape index (κ2) is 11.7. The number of carbonyl (C=O) groups is 1. The average Bonchev–Trinajstić information content (AvgIpc) is 2.80. The molecule has 8 nitrogen and oxygen atoms in total. The number of nitrogens with zero attached hydrogens (tertiary/aromatic N) is 5. The lowest BCUT2D eigenvalue weighted by Gasteiger charge is -2.37. The summed E-state index contributed by atoms with van der Waals surface area (Å²) in [6.07, 6.45) is 6.36. The SMILES string of the molecule is CCCOc1ccc(CNC(=NC)N2CCN(CC(=O)N3CCCCC3)CC2)cn1. The maximum Gasteiger partial charge on any atom is 0.236 e. The van der Waals surface area contributed by atoms with Crippen molar-refractivity contribution in [1.29, 1.82) is 0 Å². The van der Waals surface area contributed by atoms with E-state index in [9.17, 15) is 4.79 Å². The third-order valence-corrected chi connectivity index (χ3v) is 5.65. The zero-order valence-corrected chi connectivity index (χ0v) is 18.5. The van der Waals surface area contributed by atoms with Gasteiger partial charge in [-0.2, -0.15) is 0 Å². The number of carbonyl (C=O) groups excluding carboxylic acids is 1. The van der Waals surface area contributed by atoms with E-state index in [1.807, 2.05) is 30.3 Å². The summed E-state index contributed by atoms with van der Waals surface area (Å²) in [5, 5.41) is 3.43. The fourth-order valence-corrected chi connectivity index (χ4v) is 3.87. The van der Waals surface area contributed by atoms with Gasteiger partial charge in [0.05, 0.1) is 13.2 Å². The molecule has 0 spiro atoms. The summed E-state index contributed by atoms with van der Waals surface area (Å²) in [4.78, 5) is 27.8. The van der Waals surface area contributed by atoms with Gasteiger partial charge >= 0.3 is 0 Å². The van der Waals surface area contributed by atoms with Gasteiger partial charge in [0, 0.05) is 65.1 Å². The Morgan fingerprint density at radius 1 is 1.10 bits per heavy atom. The van der Waals surface area contributed by atoms with Gasteiger partial charge in [-0.3, -0.25) is 14.7 Å². The number of amides is 1. The normalized spacial score (nSPS) is 18.4. The Labute approximate surface area is 180 Å². The van der Waals surface area contributed by atoms with Crippen molar-refractivity contribution in [2.24, 2.45) is 4.99 Å². The predicted octanol–water partition coefficient (Wildman–Crippen LogP) is 1.58. The summed E-state index contributed by atoms with van der Waals surface area (Å²) in [5.74, 6) is 1.84. The van der Waals surface area contributed by atoms with Crippen LogP contribution in [0.4, 0.5) is 0 Å². The highest BCUT2D eigenvalue weighted by molar-refractivity contribution is 5.80. The van der Waals surface area contributed by atoms with Crippen molar-refractivity contribution in [1.82, 2.24) is 25.0 Å². The molecule has 1 N–H and O–H groups in total. The summed E-state index contributed by atoms with van der Waals surface area (Å²) in [5.41, 5.74) is 1.09. The highest BCUT2D eigenvalue weighted by atomic mass is 16.5. The maximum atomic E-state index is 12.5. The van der Waals surface area contributed by atoms with Crippen LogP contribution in [-0.4, -0.2) is 91.0 Å². The molecule has 1 aromatic heterocycles. The van der Waals surface area contributed by atoms with Gasteiger partial charge in [-0.1, -0.05) is 13.0 Å². The van der Waals surface area contributed by atoms with Crippen LogP contribution in [0.1, 0.15) is 38.2 Å². The molecule has 30 heavy (non-hydrogen) atoms. The van der Waals surface area contributed by atoms with Gasteiger partial charge < -0.3 is 19.9 Å². The molecule has 0 atom stereocenters. The third-order valence-electron chi connectivity index (χ3n) is 5.65. The smallest absolute Gasteiger partial charge is 0.236 e. The minimum atomic E-state index is 0.282. The Morgan fingerprint density at radius 2 is 1.87 bits per heavy atom. The first-order valence-electron chi connectivity index (χ1n) is 11.2. The topological polar surface area (TPSA) is 73.3 Å².